The highest BCUT2D eigenvalue weighted by Gasteiger charge is 2.06. The van der Waals surface area contributed by atoms with Crippen LogP contribution in [0.25, 0.3) is 11.4 Å². The highest BCUT2D eigenvalue weighted by atomic mass is 16.5. The fraction of sp³-hybridized carbons (Fsp3) is 0.250. The van der Waals surface area contributed by atoms with Gasteiger partial charge in [0.25, 0.3) is 5.91 Å². The smallest absolute Gasteiger partial charge is 0.251 e. The number of rotatable bonds is 5. The Morgan fingerprint density at radius 2 is 2.11 bits per heavy atom. The van der Waals surface area contributed by atoms with Gasteiger partial charge in [-0.05, 0) is 25.1 Å². The molecule has 0 bridgehead atoms. The molecule has 1 amide bonds. The summed E-state index contributed by atoms with van der Waals surface area (Å²) in [5, 5.41) is 6.51. The maximum atomic E-state index is 11.7. The van der Waals surface area contributed by atoms with Crippen molar-refractivity contribution in [2.45, 2.75) is 6.42 Å². The lowest BCUT2D eigenvalue weighted by molar-refractivity contribution is 0.0953. The Morgan fingerprint density at radius 3 is 2.72 bits per heavy atom. The van der Waals surface area contributed by atoms with Crippen LogP contribution in [0.5, 0.6) is 0 Å². The van der Waals surface area contributed by atoms with E-state index in [1.807, 2.05) is 0 Å². The number of hydrogen-bond donors (Lipinski definition) is 2. The van der Waals surface area contributed by atoms with Gasteiger partial charge in [0.2, 0.25) is 12.2 Å². The lowest BCUT2D eigenvalue weighted by atomic mass is 10.1. The quantitative estimate of drug-likeness (QED) is 0.761. The molecule has 1 aromatic heterocycles. The Labute approximate surface area is 104 Å². The van der Waals surface area contributed by atoms with E-state index in [9.17, 15) is 4.79 Å². The molecule has 94 valence electrons. The van der Waals surface area contributed by atoms with Crippen molar-refractivity contribution in [1.82, 2.24) is 15.5 Å². The van der Waals surface area contributed by atoms with E-state index in [1.54, 1.807) is 24.3 Å². The van der Waals surface area contributed by atoms with Crippen molar-refractivity contribution < 1.29 is 9.32 Å². The zero-order valence-corrected chi connectivity index (χ0v) is 9.80. The summed E-state index contributed by atoms with van der Waals surface area (Å²) < 4.78 is 4.66. The molecule has 0 unspecified atom stereocenters. The second-order valence-corrected chi connectivity index (χ2v) is 3.73. The Kier molecular flexibility index (Phi) is 4.03. The third-order valence-electron chi connectivity index (χ3n) is 2.43. The molecule has 0 spiro atoms. The largest absolute Gasteiger partial charge is 0.352 e. The van der Waals surface area contributed by atoms with Gasteiger partial charge >= 0.3 is 0 Å². The Morgan fingerprint density at radius 1 is 1.33 bits per heavy atom. The van der Waals surface area contributed by atoms with Crippen LogP contribution in [0.1, 0.15) is 16.8 Å². The number of hydrogen-bond acceptors (Lipinski definition) is 5. The number of nitrogens with two attached hydrogens (primary N) is 1. The van der Waals surface area contributed by atoms with E-state index in [1.165, 1.54) is 6.39 Å². The molecule has 1 heterocycles. The molecule has 2 rings (SSSR count). The minimum absolute atomic E-state index is 0.108. The summed E-state index contributed by atoms with van der Waals surface area (Å²) in [7, 11) is 0. The number of nitrogens with one attached hydrogen (secondary N) is 1. The SMILES string of the molecule is NCCCNC(=O)c1ccc(-c2ncon2)cc1. The van der Waals surface area contributed by atoms with Crippen molar-refractivity contribution in [1.29, 1.82) is 0 Å². The van der Waals surface area contributed by atoms with Crippen molar-refractivity contribution in [3.8, 4) is 11.4 Å². The van der Waals surface area contributed by atoms with E-state index in [4.69, 9.17) is 5.73 Å². The van der Waals surface area contributed by atoms with Crippen LogP contribution in [0.3, 0.4) is 0 Å². The van der Waals surface area contributed by atoms with Gasteiger partial charge in [-0.25, -0.2) is 0 Å². The predicted molar refractivity (Wildman–Crippen MR) is 65.7 cm³/mol. The summed E-state index contributed by atoms with van der Waals surface area (Å²) in [4.78, 5) is 15.6. The Hall–Kier alpha value is -2.21. The van der Waals surface area contributed by atoms with Crippen LogP contribution in [-0.4, -0.2) is 29.1 Å². The van der Waals surface area contributed by atoms with Crippen molar-refractivity contribution >= 4 is 5.91 Å². The molecule has 0 radical (unpaired) electrons. The number of carbonyl (C=O) groups is 1. The Bertz CT molecular complexity index is 493. The number of amides is 1. The summed E-state index contributed by atoms with van der Waals surface area (Å²) in [6.07, 6.45) is 2.04. The average molecular weight is 246 g/mol. The minimum atomic E-state index is -0.108. The van der Waals surface area contributed by atoms with E-state index in [2.05, 4.69) is 20.0 Å². The summed E-state index contributed by atoms with van der Waals surface area (Å²) in [5.41, 5.74) is 6.76. The van der Waals surface area contributed by atoms with Gasteiger partial charge in [0.05, 0.1) is 0 Å². The molecular formula is C12H14N4O2. The predicted octanol–water partition coefficient (Wildman–Crippen LogP) is 0.815. The summed E-state index contributed by atoms with van der Waals surface area (Å²) in [6, 6.07) is 7.01. The lowest BCUT2D eigenvalue weighted by Gasteiger charge is -2.04. The van der Waals surface area contributed by atoms with Crippen LogP contribution >= 0.6 is 0 Å². The molecule has 18 heavy (non-hydrogen) atoms. The van der Waals surface area contributed by atoms with Crippen LogP contribution in [-0.2, 0) is 0 Å². The normalized spacial score (nSPS) is 10.3. The monoisotopic (exact) mass is 246 g/mol. The maximum Gasteiger partial charge on any atom is 0.251 e. The molecule has 0 saturated heterocycles. The second kappa shape index (κ2) is 5.92. The third kappa shape index (κ3) is 2.92. The molecule has 0 aliphatic heterocycles. The third-order valence-corrected chi connectivity index (χ3v) is 2.43. The number of benzene rings is 1. The number of aromatic nitrogens is 2. The number of nitrogens with zero attached hydrogens (tertiary/aromatic N) is 2. The van der Waals surface area contributed by atoms with Gasteiger partial charge in [-0.2, -0.15) is 4.98 Å². The molecule has 2 aromatic rings. The fourth-order valence-corrected chi connectivity index (χ4v) is 1.47. The van der Waals surface area contributed by atoms with Crippen LogP contribution in [0, 0.1) is 0 Å². The molecular weight excluding hydrogens is 232 g/mol. The van der Waals surface area contributed by atoms with Gasteiger partial charge in [-0.15, -0.1) is 0 Å². The molecule has 1 aromatic carbocycles. The highest BCUT2D eigenvalue weighted by Crippen LogP contribution is 2.14. The van der Waals surface area contributed by atoms with Crippen LogP contribution in [0.2, 0.25) is 0 Å². The van der Waals surface area contributed by atoms with Gasteiger partial charge < -0.3 is 15.6 Å². The molecule has 3 N–H and O–H groups in total. The first kappa shape index (κ1) is 12.3. The van der Waals surface area contributed by atoms with E-state index < -0.39 is 0 Å². The first-order valence-electron chi connectivity index (χ1n) is 5.66. The van der Waals surface area contributed by atoms with Crippen molar-refractivity contribution in [2.24, 2.45) is 5.73 Å². The van der Waals surface area contributed by atoms with Gasteiger partial charge in [0.1, 0.15) is 0 Å². The molecule has 6 heteroatoms. The van der Waals surface area contributed by atoms with Crippen molar-refractivity contribution in [3.63, 3.8) is 0 Å². The van der Waals surface area contributed by atoms with E-state index in [0.717, 1.165) is 12.0 Å². The topological polar surface area (TPSA) is 94.0 Å². The first-order chi connectivity index (χ1) is 8.81. The molecule has 0 fully saturated rings. The zero-order valence-electron chi connectivity index (χ0n) is 9.80. The van der Waals surface area contributed by atoms with Gasteiger partial charge in [0, 0.05) is 17.7 Å². The second-order valence-electron chi connectivity index (χ2n) is 3.73. The molecule has 0 atom stereocenters. The molecule has 6 nitrogen and oxygen atoms in total. The zero-order chi connectivity index (χ0) is 12.8. The first-order valence-corrected chi connectivity index (χ1v) is 5.66. The molecule has 0 aliphatic carbocycles. The van der Waals surface area contributed by atoms with Gasteiger partial charge in [-0.3, -0.25) is 4.79 Å². The standard InChI is InChI=1S/C12H14N4O2/c13-6-1-7-14-12(17)10-4-2-9(3-5-10)11-15-8-18-16-11/h2-5,8H,1,6-7,13H2,(H,14,17). The molecule has 0 aliphatic rings. The van der Waals surface area contributed by atoms with Crippen LogP contribution in [0.15, 0.2) is 35.2 Å². The van der Waals surface area contributed by atoms with Crippen molar-refractivity contribution in [3.05, 3.63) is 36.2 Å². The van der Waals surface area contributed by atoms with Gasteiger partial charge in [-0.1, -0.05) is 17.3 Å². The number of carbonyl (C=O) groups excluding carboxylic acids is 1. The fourth-order valence-electron chi connectivity index (χ4n) is 1.47. The lowest BCUT2D eigenvalue weighted by Crippen LogP contribution is -2.25. The molecule has 0 saturated carbocycles. The maximum absolute atomic E-state index is 11.7. The van der Waals surface area contributed by atoms with Crippen LogP contribution < -0.4 is 11.1 Å². The van der Waals surface area contributed by atoms with Crippen LogP contribution in [0.4, 0.5) is 0 Å². The van der Waals surface area contributed by atoms with Gasteiger partial charge in [0.15, 0.2) is 0 Å². The minimum Gasteiger partial charge on any atom is -0.352 e. The highest BCUT2D eigenvalue weighted by molar-refractivity contribution is 5.94. The summed E-state index contributed by atoms with van der Waals surface area (Å²) >= 11 is 0. The summed E-state index contributed by atoms with van der Waals surface area (Å²) in [6.45, 7) is 1.15. The average Bonchev–Trinajstić information content (AvgIpc) is 2.93. The summed E-state index contributed by atoms with van der Waals surface area (Å²) in [5.74, 6) is 0.396. The van der Waals surface area contributed by atoms with E-state index in [0.29, 0.717) is 24.5 Å². The van der Waals surface area contributed by atoms with E-state index in [-0.39, 0.29) is 5.91 Å². The van der Waals surface area contributed by atoms with Crippen molar-refractivity contribution in [2.75, 3.05) is 13.1 Å². The Balaban J connectivity index is 2.01. The van der Waals surface area contributed by atoms with E-state index >= 15 is 0 Å².